The van der Waals surface area contributed by atoms with Gasteiger partial charge in [-0.05, 0) is 32.6 Å². The maximum absolute atomic E-state index is 5.89. The third kappa shape index (κ3) is 7.28. The second-order valence-electron chi connectivity index (χ2n) is 4.99. The van der Waals surface area contributed by atoms with Crippen molar-refractivity contribution in [3.8, 4) is 12.3 Å². The number of hydrogen-bond donors (Lipinski definition) is 1. The zero-order valence-corrected chi connectivity index (χ0v) is 14.0. The minimum atomic E-state index is -0.0685. The molecular weight excluding hydrogens is 292 g/mol. The van der Waals surface area contributed by atoms with Crippen molar-refractivity contribution in [3.05, 3.63) is 24.3 Å². The van der Waals surface area contributed by atoms with E-state index in [-0.39, 0.29) is 17.9 Å². The average Bonchev–Trinajstić information content (AvgIpc) is 2.49. The molecule has 0 aliphatic carbocycles. The molecule has 2 N–H and O–H groups in total. The first-order valence-electron chi connectivity index (χ1n) is 7.42. The van der Waals surface area contributed by atoms with Gasteiger partial charge < -0.3 is 5.73 Å². The van der Waals surface area contributed by atoms with Crippen LogP contribution in [0.5, 0.6) is 0 Å². The van der Waals surface area contributed by atoms with Gasteiger partial charge in [-0.2, -0.15) is 10.2 Å². The van der Waals surface area contributed by atoms with Crippen LogP contribution in [-0.2, 0) is 0 Å². The van der Waals surface area contributed by atoms with E-state index in [1.54, 1.807) is 24.2 Å². The van der Waals surface area contributed by atoms with Crippen LogP contribution in [0.3, 0.4) is 0 Å². The molecule has 22 heavy (non-hydrogen) atoms. The van der Waals surface area contributed by atoms with E-state index in [1.165, 1.54) is 0 Å². The summed E-state index contributed by atoms with van der Waals surface area (Å²) in [5, 5.41) is 8.47. The number of aliphatic imine (C=N–C) groups is 1. The second kappa shape index (κ2) is 10.9. The molecule has 0 aromatic carbocycles. The lowest BCUT2D eigenvalue weighted by Gasteiger charge is -2.15. The molecule has 0 aromatic rings. The predicted octanol–water partition coefficient (Wildman–Crippen LogP) is 3.27. The minimum absolute atomic E-state index is 0.0685. The standard InChI is InChI=1S/C17H24N4S/c1-4-15(13-20-19-5-2)16-10-7-6-9-14(3)21-17(18)22-12-8-11-16/h1,5-8,11,13-16H,9-10,12H2,2-3H3,(H2,18,21)/b7-6-,11-8-,19-5-,20-13-. The summed E-state index contributed by atoms with van der Waals surface area (Å²) in [7, 11) is 0. The number of hydrogen-bond acceptors (Lipinski definition) is 5. The first-order valence-corrected chi connectivity index (χ1v) is 8.41. The molecule has 0 aromatic heterocycles. The number of allylic oxidation sites excluding steroid dienone is 2. The fourth-order valence-electron chi connectivity index (χ4n) is 2.02. The molecule has 3 atom stereocenters. The number of nitrogens with zero attached hydrogens (tertiary/aromatic N) is 3. The molecular formula is C17H24N4S. The fourth-order valence-corrected chi connectivity index (χ4v) is 2.65. The highest BCUT2D eigenvalue weighted by molar-refractivity contribution is 8.13. The Labute approximate surface area is 137 Å². The van der Waals surface area contributed by atoms with Crippen molar-refractivity contribution in [3.63, 3.8) is 0 Å². The van der Waals surface area contributed by atoms with Crippen molar-refractivity contribution < 1.29 is 0 Å². The molecule has 118 valence electrons. The van der Waals surface area contributed by atoms with Gasteiger partial charge in [0.2, 0.25) is 0 Å². The van der Waals surface area contributed by atoms with Crippen LogP contribution in [0.25, 0.3) is 0 Å². The summed E-state index contributed by atoms with van der Waals surface area (Å²) in [6, 6.07) is 0.203. The average molecular weight is 316 g/mol. The monoisotopic (exact) mass is 316 g/mol. The van der Waals surface area contributed by atoms with Crippen molar-refractivity contribution >= 4 is 29.4 Å². The SMILES string of the molecule is C#CC(/C=N\N=C/C)C1/C=C\CSC(N)=NC(C)C/C=C\C1. The first-order chi connectivity index (χ1) is 10.7. The van der Waals surface area contributed by atoms with Crippen LogP contribution in [0.2, 0.25) is 0 Å². The Morgan fingerprint density at radius 3 is 2.91 bits per heavy atom. The van der Waals surface area contributed by atoms with Gasteiger partial charge in [-0.25, -0.2) is 0 Å². The summed E-state index contributed by atoms with van der Waals surface area (Å²) < 4.78 is 0. The zero-order valence-electron chi connectivity index (χ0n) is 13.2. The van der Waals surface area contributed by atoms with Gasteiger partial charge in [-0.3, -0.25) is 4.99 Å². The second-order valence-corrected chi connectivity index (χ2v) is 6.03. The van der Waals surface area contributed by atoms with E-state index in [4.69, 9.17) is 12.2 Å². The molecule has 3 unspecified atom stereocenters. The highest BCUT2D eigenvalue weighted by Crippen LogP contribution is 2.19. The Bertz CT molecular complexity index is 511. The van der Waals surface area contributed by atoms with E-state index in [1.807, 2.05) is 6.92 Å². The van der Waals surface area contributed by atoms with E-state index < -0.39 is 0 Å². The van der Waals surface area contributed by atoms with Gasteiger partial charge in [0, 0.05) is 18.2 Å². The summed E-state index contributed by atoms with van der Waals surface area (Å²) in [6.45, 7) is 3.89. The van der Waals surface area contributed by atoms with Crippen LogP contribution in [0, 0.1) is 24.2 Å². The van der Waals surface area contributed by atoms with Gasteiger partial charge in [-0.1, -0.05) is 42.0 Å². The molecule has 1 heterocycles. The number of terminal acetylenes is 1. The van der Waals surface area contributed by atoms with Gasteiger partial charge >= 0.3 is 0 Å². The Kier molecular flexibility index (Phi) is 9.01. The summed E-state index contributed by atoms with van der Waals surface area (Å²) in [5.41, 5.74) is 5.89. The molecule has 1 aliphatic heterocycles. The summed E-state index contributed by atoms with van der Waals surface area (Å²) >= 11 is 1.55. The maximum atomic E-state index is 5.89. The van der Waals surface area contributed by atoms with Crippen molar-refractivity contribution in [2.45, 2.75) is 32.7 Å². The molecule has 0 fully saturated rings. The van der Waals surface area contributed by atoms with Crippen LogP contribution >= 0.6 is 11.8 Å². The van der Waals surface area contributed by atoms with E-state index >= 15 is 0 Å². The Morgan fingerprint density at radius 2 is 2.18 bits per heavy atom. The van der Waals surface area contributed by atoms with Crippen molar-refractivity contribution in [1.82, 2.24) is 0 Å². The fraction of sp³-hybridized carbons (Fsp3) is 0.471. The number of amidine groups is 1. The van der Waals surface area contributed by atoms with Gasteiger partial charge in [0.25, 0.3) is 0 Å². The number of nitrogens with two attached hydrogens (primary N) is 1. The van der Waals surface area contributed by atoms with Crippen LogP contribution < -0.4 is 5.73 Å². The van der Waals surface area contributed by atoms with Crippen molar-refractivity contribution in [2.75, 3.05) is 5.75 Å². The quantitative estimate of drug-likeness (QED) is 0.376. The molecule has 0 spiro atoms. The Balaban J connectivity index is 2.84. The van der Waals surface area contributed by atoms with Crippen LogP contribution in [0.4, 0.5) is 0 Å². The third-order valence-corrected chi connectivity index (χ3v) is 3.93. The van der Waals surface area contributed by atoms with E-state index in [2.05, 4.69) is 52.3 Å². The lowest BCUT2D eigenvalue weighted by Crippen LogP contribution is -2.14. The third-order valence-electron chi connectivity index (χ3n) is 3.17. The molecule has 0 saturated heterocycles. The van der Waals surface area contributed by atoms with E-state index in [9.17, 15) is 0 Å². The summed E-state index contributed by atoms with van der Waals surface area (Å²) in [6.07, 6.45) is 19.3. The smallest absolute Gasteiger partial charge is 0.154 e. The molecule has 0 saturated carbocycles. The Morgan fingerprint density at radius 1 is 1.41 bits per heavy atom. The molecule has 0 amide bonds. The van der Waals surface area contributed by atoms with Crippen molar-refractivity contribution in [1.29, 1.82) is 0 Å². The normalized spacial score (nSPS) is 28.3. The van der Waals surface area contributed by atoms with Crippen LogP contribution in [0.15, 0.2) is 39.5 Å². The molecule has 1 rings (SSSR count). The molecule has 0 radical (unpaired) electrons. The summed E-state index contributed by atoms with van der Waals surface area (Å²) in [5.74, 6) is 3.74. The Hall–Kier alpha value is -1.80. The zero-order chi connectivity index (χ0) is 16.2. The van der Waals surface area contributed by atoms with E-state index in [0.29, 0.717) is 5.17 Å². The lowest BCUT2D eigenvalue weighted by atomic mass is 9.90. The highest BCUT2D eigenvalue weighted by Gasteiger charge is 2.14. The molecule has 1 aliphatic rings. The minimum Gasteiger partial charge on any atom is -0.379 e. The van der Waals surface area contributed by atoms with Crippen LogP contribution in [-0.4, -0.2) is 29.4 Å². The van der Waals surface area contributed by atoms with Gasteiger partial charge in [0.1, 0.15) is 0 Å². The number of thioether (sulfide) groups is 1. The topological polar surface area (TPSA) is 63.1 Å². The summed E-state index contributed by atoms with van der Waals surface area (Å²) in [4.78, 5) is 4.43. The maximum Gasteiger partial charge on any atom is 0.154 e. The predicted molar refractivity (Wildman–Crippen MR) is 99.5 cm³/mol. The van der Waals surface area contributed by atoms with Gasteiger partial charge in [0.15, 0.2) is 5.17 Å². The van der Waals surface area contributed by atoms with E-state index in [0.717, 1.165) is 18.6 Å². The largest absolute Gasteiger partial charge is 0.379 e. The van der Waals surface area contributed by atoms with Crippen molar-refractivity contribution in [2.24, 2.45) is 32.8 Å². The lowest BCUT2D eigenvalue weighted by molar-refractivity contribution is 0.609. The molecule has 5 heteroatoms. The molecule has 0 bridgehead atoms. The molecule has 4 nitrogen and oxygen atoms in total. The van der Waals surface area contributed by atoms with Gasteiger partial charge in [0.05, 0.1) is 12.0 Å². The first kappa shape index (κ1) is 18.2. The highest BCUT2D eigenvalue weighted by atomic mass is 32.2. The number of rotatable bonds is 3. The van der Waals surface area contributed by atoms with Crippen LogP contribution in [0.1, 0.15) is 26.7 Å². The van der Waals surface area contributed by atoms with Gasteiger partial charge in [-0.15, -0.1) is 6.42 Å².